The molecule has 100 valence electrons. The van der Waals surface area contributed by atoms with Crippen molar-refractivity contribution in [1.82, 2.24) is 0 Å². The second-order valence-corrected chi connectivity index (χ2v) is 4.35. The molecule has 0 spiro atoms. The van der Waals surface area contributed by atoms with Gasteiger partial charge in [-0.3, -0.25) is 4.79 Å². The van der Waals surface area contributed by atoms with Crippen LogP contribution in [0.15, 0.2) is 18.2 Å². The average Bonchev–Trinajstić information content (AvgIpc) is 2.29. The summed E-state index contributed by atoms with van der Waals surface area (Å²) in [6, 6.07) is 5.87. The van der Waals surface area contributed by atoms with Crippen LogP contribution in [0.5, 0.6) is 0 Å². The number of Topliss-reactive ketones (excluding diaryl/α,β-unsaturated/α-hetero) is 1. The van der Waals surface area contributed by atoms with E-state index in [0.717, 1.165) is 11.1 Å². The Balaban J connectivity index is 2.33. The number of alkyl halides is 2. The maximum atomic E-state index is 11.8. The second-order valence-electron chi connectivity index (χ2n) is 4.35. The van der Waals surface area contributed by atoms with Crippen LogP contribution in [0, 0.1) is 13.8 Å². The van der Waals surface area contributed by atoms with Gasteiger partial charge >= 0.3 is 0 Å². The molecule has 2 nitrogen and oxygen atoms in total. The molecule has 1 aromatic carbocycles. The third kappa shape index (κ3) is 5.36. The van der Waals surface area contributed by atoms with E-state index in [1.807, 2.05) is 32.0 Å². The number of carbonyl (C=O) groups excluding carboxylic acids is 1. The lowest BCUT2D eigenvalue weighted by atomic mass is 10.0. The lowest BCUT2D eigenvalue weighted by molar-refractivity contribution is -0.119. The van der Waals surface area contributed by atoms with E-state index in [9.17, 15) is 13.6 Å². The molecule has 4 heteroatoms. The van der Waals surface area contributed by atoms with Crippen molar-refractivity contribution in [3.05, 3.63) is 34.9 Å². The molecule has 0 fully saturated rings. The Hall–Kier alpha value is -1.29. The molecule has 1 aromatic rings. The summed E-state index contributed by atoms with van der Waals surface area (Å²) in [5.74, 6) is 0.00696. The molecule has 0 amide bonds. The predicted octanol–water partition coefficient (Wildman–Crippen LogP) is 3.09. The molecular weight excluding hydrogens is 238 g/mol. The summed E-state index contributed by atoms with van der Waals surface area (Å²) in [6.07, 6.45) is -1.96. The van der Waals surface area contributed by atoms with Gasteiger partial charge in [0.15, 0.2) is 0 Å². The maximum absolute atomic E-state index is 11.8. The average molecular weight is 256 g/mol. The van der Waals surface area contributed by atoms with E-state index >= 15 is 0 Å². The summed E-state index contributed by atoms with van der Waals surface area (Å²) in [4.78, 5) is 11.6. The zero-order chi connectivity index (χ0) is 13.5. The Morgan fingerprint density at radius 3 is 2.61 bits per heavy atom. The van der Waals surface area contributed by atoms with Gasteiger partial charge in [-0.1, -0.05) is 18.2 Å². The number of halogens is 2. The quantitative estimate of drug-likeness (QED) is 0.701. The van der Waals surface area contributed by atoms with Crippen LogP contribution in [0.4, 0.5) is 8.78 Å². The highest BCUT2D eigenvalue weighted by molar-refractivity contribution is 5.81. The van der Waals surface area contributed by atoms with Crippen molar-refractivity contribution in [2.75, 3.05) is 13.2 Å². The highest BCUT2D eigenvalue weighted by Gasteiger charge is 2.06. The van der Waals surface area contributed by atoms with Crippen molar-refractivity contribution in [3.8, 4) is 0 Å². The molecule has 1 rings (SSSR count). The number of carbonyl (C=O) groups is 1. The van der Waals surface area contributed by atoms with E-state index in [1.165, 1.54) is 5.56 Å². The highest BCUT2D eigenvalue weighted by Crippen LogP contribution is 2.11. The zero-order valence-corrected chi connectivity index (χ0v) is 10.7. The zero-order valence-electron chi connectivity index (χ0n) is 10.7. The van der Waals surface area contributed by atoms with Crippen LogP contribution in [0.25, 0.3) is 0 Å². The van der Waals surface area contributed by atoms with E-state index in [0.29, 0.717) is 6.42 Å². The predicted molar refractivity (Wildman–Crippen MR) is 66.1 cm³/mol. The van der Waals surface area contributed by atoms with Crippen molar-refractivity contribution in [2.24, 2.45) is 0 Å². The Morgan fingerprint density at radius 2 is 2.00 bits per heavy atom. The van der Waals surface area contributed by atoms with Crippen LogP contribution in [-0.4, -0.2) is 25.4 Å². The molecule has 0 aliphatic rings. The molecule has 0 heterocycles. The van der Waals surface area contributed by atoms with Crippen molar-refractivity contribution in [1.29, 1.82) is 0 Å². The molecule has 0 unspecified atom stereocenters. The molecule has 0 radical (unpaired) electrons. The van der Waals surface area contributed by atoms with E-state index in [1.54, 1.807) is 0 Å². The van der Waals surface area contributed by atoms with Crippen LogP contribution < -0.4 is 0 Å². The largest absolute Gasteiger partial charge is 0.375 e. The monoisotopic (exact) mass is 256 g/mol. The van der Waals surface area contributed by atoms with E-state index < -0.39 is 13.0 Å². The van der Waals surface area contributed by atoms with Crippen molar-refractivity contribution in [3.63, 3.8) is 0 Å². The minimum atomic E-state index is -2.47. The number of hydrogen-bond donors (Lipinski definition) is 0. The van der Waals surface area contributed by atoms with E-state index in [-0.39, 0.29) is 18.8 Å². The first-order chi connectivity index (χ1) is 8.49. The molecule has 0 aliphatic heterocycles. The molecule has 0 N–H and O–H groups in total. The van der Waals surface area contributed by atoms with Gasteiger partial charge in [-0.25, -0.2) is 8.78 Å². The van der Waals surface area contributed by atoms with Gasteiger partial charge < -0.3 is 4.74 Å². The fourth-order valence-electron chi connectivity index (χ4n) is 1.59. The van der Waals surface area contributed by atoms with Crippen LogP contribution in [0.2, 0.25) is 0 Å². The molecule has 0 atom stereocenters. The smallest absolute Gasteiger partial charge is 0.261 e. The minimum Gasteiger partial charge on any atom is -0.375 e. The van der Waals surface area contributed by atoms with Gasteiger partial charge in [0.1, 0.15) is 12.4 Å². The first-order valence-electron chi connectivity index (χ1n) is 5.92. The van der Waals surface area contributed by atoms with Crippen LogP contribution in [-0.2, 0) is 16.0 Å². The van der Waals surface area contributed by atoms with Crippen LogP contribution in [0.3, 0.4) is 0 Å². The van der Waals surface area contributed by atoms with E-state index in [4.69, 9.17) is 0 Å². The number of aryl methyl sites for hydroxylation is 2. The summed E-state index contributed by atoms with van der Waals surface area (Å²) < 4.78 is 28.2. The van der Waals surface area contributed by atoms with Crippen molar-refractivity contribution in [2.45, 2.75) is 33.1 Å². The lowest BCUT2D eigenvalue weighted by Crippen LogP contribution is -2.10. The van der Waals surface area contributed by atoms with Gasteiger partial charge in [0, 0.05) is 12.8 Å². The number of ether oxygens (including phenoxy) is 1. The molecule has 0 saturated heterocycles. The summed E-state index contributed by atoms with van der Waals surface area (Å²) >= 11 is 0. The number of rotatable bonds is 7. The number of benzene rings is 1. The molecule has 0 saturated carbocycles. The Labute approximate surface area is 106 Å². The highest BCUT2D eigenvalue weighted by atomic mass is 19.3. The summed E-state index contributed by atoms with van der Waals surface area (Å²) in [5.41, 5.74) is 3.29. The summed E-state index contributed by atoms with van der Waals surface area (Å²) in [5, 5.41) is 0. The fourth-order valence-corrected chi connectivity index (χ4v) is 1.59. The third-order valence-electron chi connectivity index (χ3n) is 2.74. The van der Waals surface area contributed by atoms with Crippen molar-refractivity contribution >= 4 is 5.78 Å². The third-order valence-corrected chi connectivity index (χ3v) is 2.74. The molecule has 0 aromatic heterocycles. The van der Waals surface area contributed by atoms with Crippen molar-refractivity contribution < 1.29 is 18.3 Å². The Morgan fingerprint density at radius 1 is 1.28 bits per heavy atom. The molecular formula is C14H18F2O2. The summed E-state index contributed by atoms with van der Waals surface area (Å²) in [6.45, 7) is 3.47. The summed E-state index contributed by atoms with van der Waals surface area (Å²) in [7, 11) is 0. The molecule has 0 aliphatic carbocycles. The second kappa shape index (κ2) is 7.21. The van der Waals surface area contributed by atoms with Crippen LogP contribution >= 0.6 is 0 Å². The minimum absolute atomic E-state index is 0.00696. The fraction of sp³-hybridized carbons (Fsp3) is 0.500. The Kier molecular flexibility index (Phi) is 5.92. The number of hydrogen-bond acceptors (Lipinski definition) is 2. The SMILES string of the molecule is Cc1ccc(CC(=O)CCOCC(F)F)cc1C. The maximum Gasteiger partial charge on any atom is 0.261 e. The number of ketones is 1. The van der Waals surface area contributed by atoms with Gasteiger partial charge in [0.25, 0.3) is 6.43 Å². The van der Waals surface area contributed by atoms with Gasteiger partial charge in [-0.2, -0.15) is 0 Å². The van der Waals surface area contributed by atoms with Crippen LogP contribution in [0.1, 0.15) is 23.1 Å². The first-order valence-corrected chi connectivity index (χ1v) is 5.92. The normalized spacial score (nSPS) is 10.9. The molecule has 18 heavy (non-hydrogen) atoms. The van der Waals surface area contributed by atoms with Gasteiger partial charge in [-0.05, 0) is 30.5 Å². The van der Waals surface area contributed by atoms with E-state index in [2.05, 4.69) is 4.74 Å². The lowest BCUT2D eigenvalue weighted by Gasteiger charge is -2.05. The van der Waals surface area contributed by atoms with Gasteiger partial charge in [0.2, 0.25) is 0 Å². The topological polar surface area (TPSA) is 26.3 Å². The Bertz CT molecular complexity index is 403. The molecule has 0 bridgehead atoms. The standard InChI is InChI=1S/C14H18F2O2/c1-10-3-4-12(7-11(10)2)8-13(17)5-6-18-9-14(15)16/h3-4,7,14H,5-6,8-9H2,1-2H3. The first kappa shape index (κ1) is 14.8. The van der Waals surface area contributed by atoms with Gasteiger partial charge in [-0.15, -0.1) is 0 Å². The van der Waals surface area contributed by atoms with Gasteiger partial charge in [0.05, 0.1) is 6.61 Å².